The molecule has 0 N–H and O–H groups in total. The van der Waals surface area contributed by atoms with Crippen molar-refractivity contribution in [3.63, 3.8) is 0 Å². The van der Waals surface area contributed by atoms with E-state index in [1.165, 1.54) is 17.7 Å². The van der Waals surface area contributed by atoms with Gasteiger partial charge in [-0.25, -0.2) is 0 Å². The zero-order chi connectivity index (χ0) is 8.27. The summed E-state index contributed by atoms with van der Waals surface area (Å²) in [6, 6.07) is 0. The highest BCUT2D eigenvalue weighted by Gasteiger charge is 2.06. The normalized spacial score (nSPS) is 20.6. The van der Waals surface area contributed by atoms with E-state index in [1.807, 2.05) is 12.1 Å². The molecule has 0 aromatic rings. The van der Waals surface area contributed by atoms with Crippen LogP contribution in [0.3, 0.4) is 0 Å². The number of allylic oxidation sites excluding steroid dienone is 2. The van der Waals surface area contributed by atoms with E-state index in [9.17, 15) is 0 Å². The molecule has 2 nitrogen and oxygen atoms in total. The maximum Gasteiger partial charge on any atom is 0.0607 e. The maximum atomic E-state index is 4.42. The zero-order valence-electron chi connectivity index (χ0n) is 7.59. The zero-order valence-corrected chi connectivity index (χ0v) is 7.59. The van der Waals surface area contributed by atoms with E-state index in [1.54, 1.807) is 0 Å². The monoisotopic (exact) mass is 152 g/mol. The molecule has 0 fully saturated rings. The molecule has 1 aliphatic rings. The van der Waals surface area contributed by atoms with Crippen LogP contribution in [0.5, 0.6) is 0 Å². The largest absolute Gasteiger partial charge is 0.300 e. The van der Waals surface area contributed by atoms with Crippen LogP contribution in [0, 0.1) is 0 Å². The molecule has 0 aromatic heterocycles. The minimum Gasteiger partial charge on any atom is -0.300 e. The van der Waals surface area contributed by atoms with Gasteiger partial charge in [-0.1, -0.05) is 5.57 Å². The molecule has 0 bridgehead atoms. The van der Waals surface area contributed by atoms with Crippen molar-refractivity contribution >= 4 is 5.71 Å². The Morgan fingerprint density at radius 2 is 2.27 bits per heavy atom. The first-order valence-corrected chi connectivity index (χ1v) is 4.18. The molecule has 0 unspecified atom stereocenters. The average molecular weight is 152 g/mol. The third-order valence-corrected chi connectivity index (χ3v) is 1.95. The smallest absolute Gasteiger partial charge is 0.0607 e. The first-order chi connectivity index (χ1) is 5.22. The van der Waals surface area contributed by atoms with Crippen LogP contribution in [0.2, 0.25) is 0 Å². The number of nitrogens with zero attached hydrogens (tertiary/aromatic N) is 2. The first kappa shape index (κ1) is 8.31. The summed E-state index contributed by atoms with van der Waals surface area (Å²) in [6.07, 6.45) is 4.50. The Labute approximate surface area is 68.6 Å². The average Bonchev–Trinajstić information content (AvgIpc) is 2.35. The van der Waals surface area contributed by atoms with E-state index in [4.69, 9.17) is 0 Å². The van der Waals surface area contributed by atoms with Gasteiger partial charge in [0.15, 0.2) is 0 Å². The molecular formula is C9H16N2. The van der Waals surface area contributed by atoms with Crippen molar-refractivity contribution in [3.8, 4) is 0 Å². The number of hydrazone groups is 1. The molecule has 0 saturated carbocycles. The van der Waals surface area contributed by atoms with Crippen LogP contribution in [0.4, 0.5) is 0 Å². The summed E-state index contributed by atoms with van der Waals surface area (Å²) in [4.78, 5) is 0. The van der Waals surface area contributed by atoms with Crippen molar-refractivity contribution in [3.05, 3.63) is 11.6 Å². The van der Waals surface area contributed by atoms with Gasteiger partial charge in [-0.05, 0) is 32.8 Å². The molecule has 0 atom stereocenters. The molecule has 1 aliphatic carbocycles. The van der Waals surface area contributed by atoms with E-state index < -0.39 is 0 Å². The molecule has 0 heterocycles. The van der Waals surface area contributed by atoms with Gasteiger partial charge in [-0.15, -0.1) is 0 Å². The molecule has 0 saturated heterocycles. The van der Waals surface area contributed by atoms with Crippen molar-refractivity contribution in [2.24, 2.45) is 5.10 Å². The van der Waals surface area contributed by atoms with Crippen LogP contribution < -0.4 is 0 Å². The summed E-state index contributed by atoms with van der Waals surface area (Å²) < 4.78 is 0. The second-order valence-corrected chi connectivity index (χ2v) is 3.06. The van der Waals surface area contributed by atoms with E-state index in [2.05, 4.69) is 25.0 Å². The third-order valence-electron chi connectivity index (χ3n) is 1.95. The SMILES string of the molecule is CCN(C)/N=C1/C=C(C)CC1. The summed E-state index contributed by atoms with van der Waals surface area (Å²) >= 11 is 0. The molecule has 2 heteroatoms. The van der Waals surface area contributed by atoms with Gasteiger partial charge in [0.25, 0.3) is 0 Å². The second-order valence-electron chi connectivity index (χ2n) is 3.06. The highest BCUT2D eigenvalue weighted by atomic mass is 15.4. The second kappa shape index (κ2) is 3.56. The highest BCUT2D eigenvalue weighted by Crippen LogP contribution is 2.14. The fourth-order valence-electron chi connectivity index (χ4n) is 1.12. The Morgan fingerprint density at radius 1 is 1.55 bits per heavy atom. The summed E-state index contributed by atoms with van der Waals surface area (Å²) in [5.74, 6) is 0. The van der Waals surface area contributed by atoms with Crippen LogP contribution in [-0.2, 0) is 0 Å². The molecule has 0 amide bonds. The Hall–Kier alpha value is -0.790. The fourth-order valence-corrected chi connectivity index (χ4v) is 1.12. The lowest BCUT2D eigenvalue weighted by molar-refractivity contribution is 0.375. The van der Waals surface area contributed by atoms with Gasteiger partial charge in [0.1, 0.15) is 0 Å². The summed E-state index contributed by atoms with van der Waals surface area (Å²) in [7, 11) is 2.01. The van der Waals surface area contributed by atoms with Gasteiger partial charge >= 0.3 is 0 Å². The molecule has 0 aliphatic heterocycles. The minimum absolute atomic E-state index is 0.983. The predicted octanol–water partition coefficient (Wildman–Crippen LogP) is 2.03. The maximum absolute atomic E-state index is 4.42. The number of rotatable bonds is 2. The van der Waals surface area contributed by atoms with Crippen LogP contribution in [-0.4, -0.2) is 24.3 Å². The van der Waals surface area contributed by atoms with Crippen molar-refractivity contribution in [1.29, 1.82) is 0 Å². The Bertz CT molecular complexity index is 192. The molecular weight excluding hydrogens is 136 g/mol. The van der Waals surface area contributed by atoms with Gasteiger partial charge in [-0.2, -0.15) is 5.10 Å². The Kier molecular flexibility index (Phi) is 2.69. The van der Waals surface area contributed by atoms with E-state index in [0.717, 1.165) is 13.0 Å². The Morgan fingerprint density at radius 3 is 2.73 bits per heavy atom. The van der Waals surface area contributed by atoms with Gasteiger partial charge in [0.05, 0.1) is 5.71 Å². The predicted molar refractivity (Wildman–Crippen MR) is 48.7 cm³/mol. The van der Waals surface area contributed by atoms with Gasteiger partial charge in [0, 0.05) is 13.6 Å². The summed E-state index contributed by atoms with van der Waals surface area (Å²) in [5, 5.41) is 6.40. The quantitative estimate of drug-likeness (QED) is 0.553. The van der Waals surface area contributed by atoms with Crippen molar-refractivity contribution in [2.75, 3.05) is 13.6 Å². The lowest BCUT2D eigenvalue weighted by Gasteiger charge is -2.09. The van der Waals surface area contributed by atoms with Crippen molar-refractivity contribution < 1.29 is 0 Å². The lowest BCUT2D eigenvalue weighted by atomic mass is 10.3. The topological polar surface area (TPSA) is 15.6 Å². The minimum atomic E-state index is 0.983. The van der Waals surface area contributed by atoms with E-state index in [-0.39, 0.29) is 0 Å². The van der Waals surface area contributed by atoms with Crippen LogP contribution in [0.1, 0.15) is 26.7 Å². The third kappa shape index (κ3) is 2.37. The summed E-state index contributed by atoms with van der Waals surface area (Å²) in [5.41, 5.74) is 2.68. The fraction of sp³-hybridized carbons (Fsp3) is 0.667. The molecule has 62 valence electrons. The van der Waals surface area contributed by atoms with Gasteiger partial charge < -0.3 is 5.01 Å². The van der Waals surface area contributed by atoms with Crippen LogP contribution in [0.15, 0.2) is 16.8 Å². The van der Waals surface area contributed by atoms with Gasteiger partial charge in [0.2, 0.25) is 0 Å². The van der Waals surface area contributed by atoms with E-state index >= 15 is 0 Å². The Balaban J connectivity index is 2.54. The molecule has 0 aromatic carbocycles. The molecule has 0 spiro atoms. The van der Waals surface area contributed by atoms with Crippen molar-refractivity contribution in [1.82, 2.24) is 5.01 Å². The van der Waals surface area contributed by atoms with Crippen LogP contribution >= 0.6 is 0 Å². The highest BCUT2D eigenvalue weighted by molar-refractivity contribution is 5.97. The molecule has 11 heavy (non-hydrogen) atoms. The number of hydrogen-bond acceptors (Lipinski definition) is 2. The summed E-state index contributed by atoms with van der Waals surface area (Å²) in [6.45, 7) is 5.25. The lowest BCUT2D eigenvalue weighted by Crippen LogP contribution is -2.11. The molecule has 0 radical (unpaired) electrons. The van der Waals surface area contributed by atoms with Crippen LogP contribution in [0.25, 0.3) is 0 Å². The number of hydrogen-bond donors (Lipinski definition) is 0. The molecule has 1 rings (SSSR count). The van der Waals surface area contributed by atoms with E-state index in [0.29, 0.717) is 0 Å². The van der Waals surface area contributed by atoms with Gasteiger partial charge in [-0.3, -0.25) is 0 Å². The first-order valence-electron chi connectivity index (χ1n) is 4.18. The standard InChI is InChI=1S/C9H16N2/c1-4-11(3)10-9-6-5-8(2)7-9/h7H,4-6H2,1-3H3/b10-9+. The van der Waals surface area contributed by atoms with Crippen molar-refractivity contribution in [2.45, 2.75) is 26.7 Å².